The predicted molar refractivity (Wildman–Crippen MR) is 75.1 cm³/mol. The molecule has 3 heterocycles. The Kier molecular flexibility index (Phi) is 4.05. The molecule has 5 heteroatoms. The van der Waals surface area contributed by atoms with E-state index in [9.17, 15) is 4.79 Å². The fourth-order valence-electron chi connectivity index (χ4n) is 3.26. The van der Waals surface area contributed by atoms with Gasteiger partial charge in [0, 0.05) is 31.6 Å². The lowest BCUT2D eigenvalue weighted by atomic mass is 9.95. The Morgan fingerprint density at radius 3 is 2.60 bits per heavy atom. The fraction of sp³-hybridized carbons (Fsp3) is 0.733. The van der Waals surface area contributed by atoms with E-state index in [0.717, 1.165) is 57.0 Å². The summed E-state index contributed by atoms with van der Waals surface area (Å²) in [6, 6.07) is 1.99. The summed E-state index contributed by atoms with van der Waals surface area (Å²) >= 11 is 0. The van der Waals surface area contributed by atoms with Crippen molar-refractivity contribution < 1.29 is 9.32 Å². The lowest BCUT2D eigenvalue weighted by molar-refractivity contribution is -0.136. The van der Waals surface area contributed by atoms with Crippen molar-refractivity contribution in [2.75, 3.05) is 26.2 Å². The number of carbonyl (C=O) groups excluding carboxylic acids is 1. The average Bonchev–Trinajstić information content (AvgIpc) is 3.11. The molecule has 110 valence electrons. The monoisotopic (exact) mass is 277 g/mol. The maximum absolute atomic E-state index is 12.3. The summed E-state index contributed by atoms with van der Waals surface area (Å²) in [5, 5.41) is 4.04. The Morgan fingerprint density at radius 2 is 2.00 bits per heavy atom. The number of amides is 1. The van der Waals surface area contributed by atoms with Crippen molar-refractivity contribution >= 4 is 5.91 Å². The van der Waals surface area contributed by atoms with Gasteiger partial charge >= 0.3 is 0 Å². The molecule has 2 fully saturated rings. The van der Waals surface area contributed by atoms with Gasteiger partial charge in [-0.05, 0) is 45.7 Å². The molecule has 0 aromatic carbocycles. The lowest BCUT2D eigenvalue weighted by Gasteiger charge is -2.32. The average molecular weight is 277 g/mol. The number of hydrogen-bond acceptors (Lipinski definition) is 4. The van der Waals surface area contributed by atoms with Crippen molar-refractivity contribution in [3.63, 3.8) is 0 Å². The highest BCUT2D eigenvalue weighted by molar-refractivity contribution is 5.79. The van der Waals surface area contributed by atoms with Crippen molar-refractivity contribution in [3.8, 4) is 0 Å². The van der Waals surface area contributed by atoms with Crippen LogP contribution >= 0.6 is 0 Å². The SMILES string of the molecule is Cc1cc(CN2CCC(C(=O)N3CCCC3)CC2)no1. The van der Waals surface area contributed by atoms with Gasteiger partial charge in [0.05, 0.1) is 5.69 Å². The largest absolute Gasteiger partial charge is 0.361 e. The zero-order valence-corrected chi connectivity index (χ0v) is 12.2. The lowest BCUT2D eigenvalue weighted by Crippen LogP contribution is -2.41. The zero-order valence-electron chi connectivity index (χ0n) is 12.2. The summed E-state index contributed by atoms with van der Waals surface area (Å²) in [4.78, 5) is 16.8. The highest BCUT2D eigenvalue weighted by Crippen LogP contribution is 2.23. The summed E-state index contributed by atoms with van der Waals surface area (Å²) in [5.41, 5.74) is 0.992. The molecule has 0 saturated carbocycles. The first-order valence-corrected chi connectivity index (χ1v) is 7.66. The van der Waals surface area contributed by atoms with Gasteiger partial charge in [0.25, 0.3) is 0 Å². The van der Waals surface area contributed by atoms with Crippen molar-refractivity contribution in [1.29, 1.82) is 0 Å². The number of likely N-dealkylation sites (tertiary alicyclic amines) is 2. The molecule has 2 saturated heterocycles. The van der Waals surface area contributed by atoms with Crippen LogP contribution in [0, 0.1) is 12.8 Å². The molecule has 1 aromatic heterocycles. The van der Waals surface area contributed by atoms with Crippen LogP contribution in [-0.4, -0.2) is 47.0 Å². The maximum Gasteiger partial charge on any atom is 0.225 e. The molecular weight excluding hydrogens is 254 g/mol. The molecule has 3 rings (SSSR count). The van der Waals surface area contributed by atoms with E-state index in [1.807, 2.05) is 13.0 Å². The van der Waals surface area contributed by atoms with Crippen LogP contribution in [0.3, 0.4) is 0 Å². The molecule has 0 radical (unpaired) electrons. The van der Waals surface area contributed by atoms with Gasteiger partial charge in [-0.3, -0.25) is 9.69 Å². The normalized spacial score (nSPS) is 21.6. The second kappa shape index (κ2) is 5.95. The molecule has 20 heavy (non-hydrogen) atoms. The maximum atomic E-state index is 12.3. The van der Waals surface area contributed by atoms with Crippen LogP contribution in [-0.2, 0) is 11.3 Å². The summed E-state index contributed by atoms with van der Waals surface area (Å²) in [5.74, 6) is 1.49. The highest BCUT2D eigenvalue weighted by atomic mass is 16.5. The smallest absolute Gasteiger partial charge is 0.225 e. The zero-order chi connectivity index (χ0) is 13.9. The van der Waals surface area contributed by atoms with E-state index >= 15 is 0 Å². The van der Waals surface area contributed by atoms with Gasteiger partial charge in [-0.15, -0.1) is 0 Å². The number of rotatable bonds is 3. The van der Waals surface area contributed by atoms with Gasteiger partial charge in [0.2, 0.25) is 5.91 Å². The third-order valence-corrected chi connectivity index (χ3v) is 4.42. The van der Waals surface area contributed by atoms with Gasteiger partial charge < -0.3 is 9.42 Å². The van der Waals surface area contributed by atoms with Gasteiger partial charge in [0.1, 0.15) is 5.76 Å². The van der Waals surface area contributed by atoms with Crippen LogP contribution in [0.5, 0.6) is 0 Å². The standard InChI is InChI=1S/C15H23N3O2/c1-12-10-14(16-20-12)11-17-8-4-13(5-9-17)15(19)18-6-2-3-7-18/h10,13H,2-9,11H2,1H3. The van der Waals surface area contributed by atoms with E-state index in [4.69, 9.17) is 4.52 Å². The van der Waals surface area contributed by atoms with Crippen LogP contribution in [0.2, 0.25) is 0 Å². The molecule has 0 unspecified atom stereocenters. The van der Waals surface area contributed by atoms with Crippen LogP contribution < -0.4 is 0 Å². The molecule has 1 aromatic rings. The van der Waals surface area contributed by atoms with Gasteiger partial charge in [0.15, 0.2) is 0 Å². The predicted octanol–water partition coefficient (Wildman–Crippen LogP) is 1.82. The second-order valence-corrected chi connectivity index (χ2v) is 6.01. The minimum atomic E-state index is 0.239. The van der Waals surface area contributed by atoms with E-state index < -0.39 is 0 Å². The molecule has 0 bridgehead atoms. The molecule has 0 aliphatic carbocycles. The Hall–Kier alpha value is -1.36. The third kappa shape index (κ3) is 3.03. The summed E-state index contributed by atoms with van der Waals surface area (Å²) in [6.45, 7) is 6.65. The van der Waals surface area contributed by atoms with Crippen LogP contribution in [0.25, 0.3) is 0 Å². The molecule has 0 atom stereocenters. The van der Waals surface area contributed by atoms with E-state index in [1.165, 1.54) is 12.8 Å². The van der Waals surface area contributed by atoms with Crippen molar-refractivity contribution in [3.05, 3.63) is 17.5 Å². The Labute approximate surface area is 119 Å². The summed E-state index contributed by atoms with van der Waals surface area (Å²) in [7, 11) is 0. The number of nitrogens with zero attached hydrogens (tertiary/aromatic N) is 3. The number of carbonyl (C=O) groups is 1. The first-order chi connectivity index (χ1) is 9.72. The molecule has 5 nitrogen and oxygen atoms in total. The molecule has 2 aliphatic heterocycles. The van der Waals surface area contributed by atoms with E-state index in [-0.39, 0.29) is 5.92 Å². The Balaban J connectivity index is 1.48. The topological polar surface area (TPSA) is 49.6 Å². The minimum absolute atomic E-state index is 0.239. The number of hydrogen-bond donors (Lipinski definition) is 0. The quantitative estimate of drug-likeness (QED) is 0.845. The van der Waals surface area contributed by atoms with E-state index in [2.05, 4.69) is 15.0 Å². The van der Waals surface area contributed by atoms with E-state index in [0.29, 0.717) is 5.91 Å². The van der Waals surface area contributed by atoms with Crippen LogP contribution in [0.1, 0.15) is 37.1 Å². The molecule has 2 aliphatic rings. The van der Waals surface area contributed by atoms with Crippen molar-refractivity contribution in [1.82, 2.24) is 15.0 Å². The summed E-state index contributed by atoms with van der Waals surface area (Å²) < 4.78 is 5.10. The Bertz CT molecular complexity index is 457. The highest BCUT2D eigenvalue weighted by Gasteiger charge is 2.29. The van der Waals surface area contributed by atoms with Crippen LogP contribution in [0.4, 0.5) is 0 Å². The van der Waals surface area contributed by atoms with Crippen LogP contribution in [0.15, 0.2) is 10.6 Å². The van der Waals surface area contributed by atoms with Crippen molar-refractivity contribution in [2.24, 2.45) is 5.92 Å². The van der Waals surface area contributed by atoms with Gasteiger partial charge in [-0.2, -0.15) is 0 Å². The van der Waals surface area contributed by atoms with Gasteiger partial charge in [-0.25, -0.2) is 0 Å². The number of aromatic nitrogens is 1. The molecular formula is C15H23N3O2. The fourth-order valence-corrected chi connectivity index (χ4v) is 3.26. The van der Waals surface area contributed by atoms with Crippen molar-refractivity contribution in [2.45, 2.75) is 39.2 Å². The molecule has 1 amide bonds. The molecule has 0 spiro atoms. The summed E-state index contributed by atoms with van der Waals surface area (Å²) in [6.07, 6.45) is 4.31. The molecule has 0 N–H and O–H groups in total. The first-order valence-electron chi connectivity index (χ1n) is 7.66. The third-order valence-electron chi connectivity index (χ3n) is 4.42. The Morgan fingerprint density at radius 1 is 1.30 bits per heavy atom. The minimum Gasteiger partial charge on any atom is -0.361 e. The number of aryl methyl sites for hydroxylation is 1. The van der Waals surface area contributed by atoms with E-state index in [1.54, 1.807) is 0 Å². The second-order valence-electron chi connectivity index (χ2n) is 6.01. The number of piperidine rings is 1. The first kappa shape index (κ1) is 13.6. The van der Waals surface area contributed by atoms with Gasteiger partial charge in [-0.1, -0.05) is 5.16 Å².